The summed E-state index contributed by atoms with van der Waals surface area (Å²) in [5.74, 6) is 0.571. The van der Waals surface area contributed by atoms with Gasteiger partial charge in [0.2, 0.25) is 5.89 Å². The van der Waals surface area contributed by atoms with Crippen LogP contribution in [0.3, 0.4) is 0 Å². The summed E-state index contributed by atoms with van der Waals surface area (Å²) in [5.41, 5.74) is 0.770. The number of rotatable bonds is 10. The average Bonchev–Trinajstić information content (AvgIpc) is 3.55. The molecular weight excluding hydrogens is 475 g/mol. The molecule has 1 N–H and O–H groups in total. The Hall–Kier alpha value is -3.37. The molecule has 1 aromatic heterocycles. The van der Waals surface area contributed by atoms with E-state index >= 15 is 0 Å². The van der Waals surface area contributed by atoms with Gasteiger partial charge in [-0.1, -0.05) is 36.4 Å². The number of ether oxygens (including phenoxy) is 2. The standard InChI is InChI=1S/C26H28F3N3O4/c1-34-23-10-3-2-7-19(23)15-32(14-18-6-4-8-20(12-18)26(27,28)29)16-24-31-22(17-36-24)25(33)30-13-21-9-5-11-35-21/h2-4,6-8,10,12,17,21H,5,9,11,13-16H2,1H3,(H,30,33). The normalized spacial score (nSPS) is 15.9. The number of carbonyl (C=O) groups is 1. The number of nitrogens with one attached hydrogen (secondary N) is 1. The molecule has 1 saturated heterocycles. The van der Waals surface area contributed by atoms with Crippen LogP contribution in [0.1, 0.15) is 45.9 Å². The van der Waals surface area contributed by atoms with Gasteiger partial charge in [0.15, 0.2) is 5.69 Å². The first-order valence-electron chi connectivity index (χ1n) is 11.7. The average molecular weight is 504 g/mol. The Morgan fingerprint density at radius 3 is 2.75 bits per heavy atom. The second-order valence-corrected chi connectivity index (χ2v) is 8.63. The molecular formula is C26H28F3N3O4. The first-order valence-corrected chi connectivity index (χ1v) is 11.7. The van der Waals surface area contributed by atoms with Crippen LogP contribution < -0.4 is 10.1 Å². The minimum atomic E-state index is -4.43. The molecule has 0 aliphatic carbocycles. The number of nitrogens with zero attached hydrogens (tertiary/aromatic N) is 2. The van der Waals surface area contributed by atoms with Gasteiger partial charge in [-0.05, 0) is 30.5 Å². The molecule has 1 unspecified atom stereocenters. The maximum Gasteiger partial charge on any atom is 0.416 e. The highest BCUT2D eigenvalue weighted by molar-refractivity contribution is 5.91. The summed E-state index contributed by atoms with van der Waals surface area (Å²) in [7, 11) is 1.56. The van der Waals surface area contributed by atoms with Crippen LogP contribution in [0.2, 0.25) is 0 Å². The fraction of sp³-hybridized carbons (Fsp3) is 0.385. The number of carbonyl (C=O) groups excluding carboxylic acids is 1. The molecule has 1 aliphatic heterocycles. The van der Waals surface area contributed by atoms with Crippen molar-refractivity contribution in [2.24, 2.45) is 0 Å². The van der Waals surface area contributed by atoms with Crippen molar-refractivity contribution in [3.05, 3.63) is 83.1 Å². The van der Waals surface area contributed by atoms with Crippen molar-refractivity contribution >= 4 is 5.91 Å². The maximum atomic E-state index is 13.2. The highest BCUT2D eigenvalue weighted by Crippen LogP contribution is 2.30. The van der Waals surface area contributed by atoms with E-state index in [9.17, 15) is 18.0 Å². The minimum Gasteiger partial charge on any atom is -0.496 e. The Morgan fingerprint density at radius 2 is 2.00 bits per heavy atom. The van der Waals surface area contributed by atoms with Gasteiger partial charge in [0.05, 0.1) is 25.3 Å². The van der Waals surface area contributed by atoms with E-state index in [-0.39, 0.29) is 36.7 Å². The van der Waals surface area contributed by atoms with Crippen molar-refractivity contribution in [3.8, 4) is 5.75 Å². The third-order valence-electron chi connectivity index (χ3n) is 5.90. The SMILES string of the molecule is COc1ccccc1CN(Cc1cccc(C(F)(F)F)c1)Cc1nc(C(=O)NCC2CCCO2)co1. The first kappa shape index (κ1) is 25.7. The zero-order chi connectivity index (χ0) is 25.5. The molecule has 1 aliphatic rings. The van der Waals surface area contributed by atoms with Crippen LogP contribution in [0.5, 0.6) is 5.75 Å². The lowest BCUT2D eigenvalue weighted by molar-refractivity contribution is -0.137. The van der Waals surface area contributed by atoms with Gasteiger partial charge in [-0.25, -0.2) is 4.98 Å². The number of oxazole rings is 1. The monoisotopic (exact) mass is 503 g/mol. The molecule has 0 radical (unpaired) electrons. The Labute approximate surface area is 207 Å². The van der Waals surface area contributed by atoms with Gasteiger partial charge < -0.3 is 19.2 Å². The van der Waals surface area contributed by atoms with Crippen LogP contribution in [0.15, 0.2) is 59.2 Å². The zero-order valence-electron chi connectivity index (χ0n) is 19.9. The van der Waals surface area contributed by atoms with E-state index in [0.717, 1.165) is 30.5 Å². The van der Waals surface area contributed by atoms with E-state index in [2.05, 4.69) is 10.3 Å². The molecule has 1 amide bonds. The second kappa shape index (κ2) is 11.6. The Morgan fingerprint density at radius 1 is 1.17 bits per heavy atom. The Kier molecular flexibility index (Phi) is 8.27. The van der Waals surface area contributed by atoms with Gasteiger partial charge in [-0.3, -0.25) is 9.69 Å². The number of alkyl halides is 3. The van der Waals surface area contributed by atoms with E-state index in [1.54, 1.807) is 13.2 Å². The third kappa shape index (κ3) is 6.86. The van der Waals surface area contributed by atoms with Crippen LogP contribution in [-0.4, -0.2) is 42.2 Å². The molecule has 1 atom stereocenters. The third-order valence-corrected chi connectivity index (χ3v) is 5.90. The fourth-order valence-electron chi connectivity index (χ4n) is 4.13. The molecule has 0 spiro atoms. The number of benzene rings is 2. The number of para-hydroxylation sites is 1. The van der Waals surface area contributed by atoms with Crippen molar-refractivity contribution in [2.45, 2.75) is 44.8 Å². The van der Waals surface area contributed by atoms with Crippen LogP contribution in [0, 0.1) is 0 Å². The summed E-state index contributed by atoms with van der Waals surface area (Å²) in [6, 6.07) is 12.6. The number of hydrogen-bond acceptors (Lipinski definition) is 6. The van der Waals surface area contributed by atoms with Crippen molar-refractivity contribution < 1.29 is 31.9 Å². The number of methoxy groups -OCH3 is 1. The summed E-state index contributed by atoms with van der Waals surface area (Å²) in [5, 5.41) is 2.80. The number of aromatic nitrogens is 1. The quantitative estimate of drug-likeness (QED) is 0.428. The van der Waals surface area contributed by atoms with Gasteiger partial charge >= 0.3 is 6.18 Å². The molecule has 192 valence electrons. The summed E-state index contributed by atoms with van der Waals surface area (Å²) < 4.78 is 56.2. The van der Waals surface area contributed by atoms with E-state index in [1.165, 1.54) is 12.3 Å². The van der Waals surface area contributed by atoms with Crippen molar-refractivity contribution in [1.82, 2.24) is 15.2 Å². The predicted octanol–water partition coefficient (Wildman–Crippen LogP) is 4.81. The second-order valence-electron chi connectivity index (χ2n) is 8.63. The molecule has 0 bridgehead atoms. The number of halogens is 3. The van der Waals surface area contributed by atoms with E-state index in [0.29, 0.717) is 31.0 Å². The lowest BCUT2D eigenvalue weighted by Gasteiger charge is -2.22. The summed E-state index contributed by atoms with van der Waals surface area (Å²) in [6.45, 7) is 1.83. The van der Waals surface area contributed by atoms with E-state index in [1.807, 2.05) is 29.2 Å². The molecule has 2 aromatic carbocycles. The van der Waals surface area contributed by atoms with Crippen LogP contribution in [0.25, 0.3) is 0 Å². The van der Waals surface area contributed by atoms with Crippen LogP contribution in [-0.2, 0) is 30.5 Å². The van der Waals surface area contributed by atoms with Gasteiger partial charge in [-0.15, -0.1) is 0 Å². The van der Waals surface area contributed by atoms with Gasteiger partial charge in [0.25, 0.3) is 5.91 Å². The lowest BCUT2D eigenvalue weighted by Crippen LogP contribution is -2.32. The van der Waals surface area contributed by atoms with Gasteiger partial charge in [-0.2, -0.15) is 13.2 Å². The molecule has 2 heterocycles. The highest BCUT2D eigenvalue weighted by Gasteiger charge is 2.30. The van der Waals surface area contributed by atoms with Crippen LogP contribution in [0.4, 0.5) is 13.2 Å². The number of hydrogen-bond donors (Lipinski definition) is 1. The summed E-state index contributed by atoms with van der Waals surface area (Å²) in [6.07, 6.45) is -1.27. The van der Waals surface area contributed by atoms with Crippen molar-refractivity contribution in [1.29, 1.82) is 0 Å². The molecule has 10 heteroatoms. The molecule has 1 fully saturated rings. The zero-order valence-corrected chi connectivity index (χ0v) is 19.9. The minimum absolute atomic E-state index is 0.00382. The Bertz CT molecular complexity index is 1160. The maximum absolute atomic E-state index is 13.2. The fourth-order valence-corrected chi connectivity index (χ4v) is 4.13. The molecule has 0 saturated carbocycles. The molecule has 7 nitrogen and oxygen atoms in total. The van der Waals surface area contributed by atoms with Gasteiger partial charge in [0.1, 0.15) is 12.0 Å². The molecule has 3 aromatic rings. The van der Waals surface area contributed by atoms with Crippen molar-refractivity contribution in [2.75, 3.05) is 20.3 Å². The summed E-state index contributed by atoms with van der Waals surface area (Å²) >= 11 is 0. The summed E-state index contributed by atoms with van der Waals surface area (Å²) in [4.78, 5) is 18.7. The lowest BCUT2D eigenvalue weighted by atomic mass is 10.1. The predicted molar refractivity (Wildman–Crippen MR) is 125 cm³/mol. The molecule has 36 heavy (non-hydrogen) atoms. The largest absolute Gasteiger partial charge is 0.496 e. The number of amides is 1. The first-order chi connectivity index (χ1) is 17.3. The topological polar surface area (TPSA) is 76.8 Å². The van der Waals surface area contributed by atoms with E-state index < -0.39 is 11.7 Å². The molecule has 4 rings (SSSR count). The van der Waals surface area contributed by atoms with Gasteiger partial charge in [0, 0.05) is 31.8 Å². The van der Waals surface area contributed by atoms with Crippen molar-refractivity contribution in [3.63, 3.8) is 0 Å². The van der Waals surface area contributed by atoms with Crippen LogP contribution >= 0.6 is 0 Å². The van der Waals surface area contributed by atoms with E-state index in [4.69, 9.17) is 13.9 Å². The smallest absolute Gasteiger partial charge is 0.416 e. The highest BCUT2D eigenvalue weighted by atomic mass is 19.4. The Balaban J connectivity index is 1.49.